The van der Waals surface area contributed by atoms with E-state index in [2.05, 4.69) is 10.6 Å². The molecule has 0 spiro atoms. The zero-order valence-corrected chi connectivity index (χ0v) is 17.7. The van der Waals surface area contributed by atoms with Crippen LogP contribution in [-0.2, 0) is 4.79 Å². The summed E-state index contributed by atoms with van der Waals surface area (Å²) >= 11 is 0. The highest BCUT2D eigenvalue weighted by atomic mass is 16.5. The third-order valence-electron chi connectivity index (χ3n) is 5.08. The van der Waals surface area contributed by atoms with Crippen molar-refractivity contribution in [3.8, 4) is 11.5 Å². The molecule has 2 rings (SSSR count). The van der Waals surface area contributed by atoms with Crippen LogP contribution >= 0.6 is 0 Å². The van der Waals surface area contributed by atoms with Crippen LogP contribution in [0.2, 0.25) is 0 Å². The molecule has 2 amide bonds. The number of rotatable bonds is 9. The summed E-state index contributed by atoms with van der Waals surface area (Å²) < 4.78 is 10.6. The average molecular weight is 399 g/mol. The molecule has 0 heterocycles. The molecule has 6 heteroatoms. The fourth-order valence-corrected chi connectivity index (χ4v) is 3.02. The highest BCUT2D eigenvalue weighted by molar-refractivity contribution is 5.97. The number of nitrogens with one attached hydrogen (secondary N) is 2. The summed E-state index contributed by atoms with van der Waals surface area (Å²) in [5.74, 6) is 0.736. The van der Waals surface area contributed by atoms with E-state index in [0.29, 0.717) is 17.1 Å². The molecule has 0 aliphatic rings. The zero-order chi connectivity index (χ0) is 21.4. The van der Waals surface area contributed by atoms with Crippen molar-refractivity contribution >= 4 is 11.8 Å². The highest BCUT2D eigenvalue weighted by Crippen LogP contribution is 2.30. The van der Waals surface area contributed by atoms with Gasteiger partial charge in [0.05, 0.1) is 20.3 Å². The summed E-state index contributed by atoms with van der Waals surface area (Å²) in [5.41, 5.74) is 1.41. The molecule has 0 aliphatic carbocycles. The molecule has 2 N–H and O–H groups in total. The Labute approximate surface area is 172 Å². The first kappa shape index (κ1) is 22.3. The van der Waals surface area contributed by atoms with Gasteiger partial charge in [0, 0.05) is 5.56 Å². The van der Waals surface area contributed by atoms with Crippen LogP contribution in [0.1, 0.15) is 49.2 Å². The van der Waals surface area contributed by atoms with E-state index in [1.165, 1.54) is 0 Å². The maximum absolute atomic E-state index is 13.0. The molecule has 3 unspecified atom stereocenters. The van der Waals surface area contributed by atoms with Crippen LogP contribution in [0.25, 0.3) is 0 Å². The lowest BCUT2D eigenvalue weighted by molar-refractivity contribution is -0.124. The van der Waals surface area contributed by atoms with Crippen molar-refractivity contribution in [2.75, 3.05) is 14.2 Å². The van der Waals surface area contributed by atoms with E-state index in [0.717, 1.165) is 12.0 Å². The third kappa shape index (κ3) is 5.73. The minimum absolute atomic E-state index is 0.0136. The minimum Gasteiger partial charge on any atom is -0.493 e. The second-order valence-electron chi connectivity index (χ2n) is 7.05. The molecule has 156 valence electrons. The number of hydrogen-bond donors (Lipinski definition) is 2. The van der Waals surface area contributed by atoms with E-state index < -0.39 is 6.04 Å². The molecule has 2 aromatic carbocycles. The van der Waals surface area contributed by atoms with Crippen LogP contribution in [0.5, 0.6) is 11.5 Å². The normalized spacial score (nSPS) is 13.7. The number of benzene rings is 2. The number of hydrogen-bond acceptors (Lipinski definition) is 4. The van der Waals surface area contributed by atoms with Gasteiger partial charge in [0.1, 0.15) is 6.04 Å². The summed E-state index contributed by atoms with van der Waals surface area (Å²) in [7, 11) is 3.15. The van der Waals surface area contributed by atoms with Gasteiger partial charge in [-0.3, -0.25) is 9.59 Å². The molecule has 0 aliphatic heterocycles. The quantitative estimate of drug-likeness (QED) is 0.675. The summed E-state index contributed by atoms with van der Waals surface area (Å²) in [5, 5.41) is 5.89. The van der Waals surface area contributed by atoms with Crippen molar-refractivity contribution in [2.24, 2.45) is 5.92 Å². The third-order valence-corrected chi connectivity index (χ3v) is 5.08. The van der Waals surface area contributed by atoms with E-state index in [4.69, 9.17) is 9.47 Å². The number of carbonyl (C=O) groups excluding carboxylic acids is 2. The van der Waals surface area contributed by atoms with Crippen LogP contribution in [0.4, 0.5) is 0 Å². The number of methoxy groups -OCH3 is 2. The maximum atomic E-state index is 13.0. The number of amides is 2. The van der Waals surface area contributed by atoms with E-state index in [-0.39, 0.29) is 23.8 Å². The van der Waals surface area contributed by atoms with Crippen molar-refractivity contribution in [1.29, 1.82) is 0 Å². The SMILES string of the molecule is CCC(C)C(NC(=O)c1ccccc1)C(=O)NC(C)c1ccc(OC)c(OC)c1. The van der Waals surface area contributed by atoms with Gasteiger partial charge < -0.3 is 20.1 Å². The van der Waals surface area contributed by atoms with Gasteiger partial charge in [-0.2, -0.15) is 0 Å². The second kappa shape index (κ2) is 10.5. The minimum atomic E-state index is -0.629. The Morgan fingerprint density at radius 2 is 1.59 bits per heavy atom. The monoisotopic (exact) mass is 398 g/mol. The molecule has 0 radical (unpaired) electrons. The number of carbonyl (C=O) groups is 2. The lowest BCUT2D eigenvalue weighted by Crippen LogP contribution is -2.50. The fraction of sp³-hybridized carbons (Fsp3) is 0.391. The Balaban J connectivity index is 2.14. The Kier molecular flexibility index (Phi) is 8.07. The van der Waals surface area contributed by atoms with Gasteiger partial charge in [0.25, 0.3) is 5.91 Å². The van der Waals surface area contributed by atoms with E-state index in [1.807, 2.05) is 39.0 Å². The second-order valence-corrected chi connectivity index (χ2v) is 7.05. The molecule has 0 fully saturated rings. The highest BCUT2D eigenvalue weighted by Gasteiger charge is 2.27. The van der Waals surface area contributed by atoms with E-state index >= 15 is 0 Å². The van der Waals surface area contributed by atoms with Crippen LogP contribution < -0.4 is 20.1 Å². The molecule has 2 aromatic rings. The zero-order valence-electron chi connectivity index (χ0n) is 17.7. The smallest absolute Gasteiger partial charge is 0.251 e. The summed E-state index contributed by atoms with van der Waals surface area (Å²) in [6.45, 7) is 5.85. The van der Waals surface area contributed by atoms with Gasteiger partial charge in [-0.1, -0.05) is 44.5 Å². The lowest BCUT2D eigenvalue weighted by Gasteiger charge is -2.26. The van der Waals surface area contributed by atoms with Gasteiger partial charge in [-0.05, 0) is 42.7 Å². The van der Waals surface area contributed by atoms with Gasteiger partial charge in [-0.15, -0.1) is 0 Å². The molecular formula is C23H30N2O4. The van der Waals surface area contributed by atoms with E-state index in [1.54, 1.807) is 44.6 Å². The van der Waals surface area contributed by atoms with Crippen LogP contribution in [0, 0.1) is 5.92 Å². The standard InChI is InChI=1S/C23H30N2O4/c1-6-15(2)21(25-22(26)17-10-8-7-9-11-17)23(27)24-16(3)18-12-13-19(28-4)20(14-18)29-5/h7-16,21H,6H2,1-5H3,(H,24,27)(H,25,26). The summed E-state index contributed by atoms with van der Waals surface area (Å²) in [6.07, 6.45) is 0.762. The Hall–Kier alpha value is -3.02. The molecule has 0 bridgehead atoms. The molecule has 29 heavy (non-hydrogen) atoms. The number of ether oxygens (including phenoxy) is 2. The Morgan fingerprint density at radius 3 is 2.17 bits per heavy atom. The van der Waals surface area contributed by atoms with Crippen molar-refractivity contribution in [3.05, 3.63) is 59.7 Å². The van der Waals surface area contributed by atoms with Crippen molar-refractivity contribution < 1.29 is 19.1 Å². The van der Waals surface area contributed by atoms with Gasteiger partial charge >= 0.3 is 0 Å². The topological polar surface area (TPSA) is 76.7 Å². The molecular weight excluding hydrogens is 368 g/mol. The lowest BCUT2D eigenvalue weighted by atomic mass is 9.97. The predicted octanol–water partition coefficient (Wildman–Crippen LogP) is 3.73. The van der Waals surface area contributed by atoms with Crippen LogP contribution in [0.3, 0.4) is 0 Å². The van der Waals surface area contributed by atoms with Crippen molar-refractivity contribution in [2.45, 2.75) is 39.3 Å². The van der Waals surface area contributed by atoms with Gasteiger partial charge in [-0.25, -0.2) is 0 Å². The molecule has 0 saturated heterocycles. The summed E-state index contributed by atoms with van der Waals surface area (Å²) in [4.78, 5) is 25.6. The molecule has 0 aromatic heterocycles. The van der Waals surface area contributed by atoms with Crippen LogP contribution in [-0.4, -0.2) is 32.1 Å². The Morgan fingerprint density at radius 1 is 0.931 bits per heavy atom. The first-order valence-corrected chi connectivity index (χ1v) is 9.79. The fourth-order valence-electron chi connectivity index (χ4n) is 3.02. The van der Waals surface area contributed by atoms with Crippen LogP contribution in [0.15, 0.2) is 48.5 Å². The molecule has 6 nitrogen and oxygen atoms in total. The molecule has 3 atom stereocenters. The Bertz CT molecular complexity index is 823. The summed E-state index contributed by atoms with van der Waals surface area (Å²) in [6, 6.07) is 13.5. The van der Waals surface area contributed by atoms with Crippen molar-refractivity contribution in [1.82, 2.24) is 10.6 Å². The largest absolute Gasteiger partial charge is 0.493 e. The predicted molar refractivity (Wildman–Crippen MR) is 113 cm³/mol. The van der Waals surface area contributed by atoms with Crippen molar-refractivity contribution in [3.63, 3.8) is 0 Å². The first-order chi connectivity index (χ1) is 13.9. The van der Waals surface area contributed by atoms with Gasteiger partial charge in [0.2, 0.25) is 5.91 Å². The molecule has 0 saturated carbocycles. The van der Waals surface area contributed by atoms with E-state index in [9.17, 15) is 9.59 Å². The first-order valence-electron chi connectivity index (χ1n) is 9.79. The average Bonchev–Trinajstić information content (AvgIpc) is 2.76. The van der Waals surface area contributed by atoms with Gasteiger partial charge in [0.15, 0.2) is 11.5 Å². The maximum Gasteiger partial charge on any atom is 0.251 e.